The van der Waals surface area contributed by atoms with Gasteiger partial charge in [0.05, 0.1) is 18.2 Å². The first kappa shape index (κ1) is 18.5. The van der Waals surface area contributed by atoms with E-state index < -0.39 is 0 Å². The van der Waals surface area contributed by atoms with Gasteiger partial charge in [0.25, 0.3) is 0 Å². The number of hydrogen-bond donors (Lipinski definition) is 4. The summed E-state index contributed by atoms with van der Waals surface area (Å²) in [4.78, 5) is 0.951. The molecule has 1 aliphatic heterocycles. The summed E-state index contributed by atoms with van der Waals surface area (Å²) in [6.45, 7) is 3.14. The van der Waals surface area contributed by atoms with Crippen molar-refractivity contribution in [2.24, 2.45) is 0 Å². The van der Waals surface area contributed by atoms with Crippen molar-refractivity contribution in [3.05, 3.63) is 54.1 Å². The van der Waals surface area contributed by atoms with Gasteiger partial charge in [0, 0.05) is 24.0 Å². The Morgan fingerprint density at radius 2 is 1.75 bits per heavy atom. The maximum absolute atomic E-state index is 8.68. The number of aliphatic hydroxyl groups excluding tert-OH is 1. The van der Waals surface area contributed by atoms with Gasteiger partial charge >= 0.3 is 0 Å². The first-order chi connectivity index (χ1) is 11.7. The van der Waals surface area contributed by atoms with Gasteiger partial charge in [0.15, 0.2) is 0 Å². The quantitative estimate of drug-likeness (QED) is 0.645. The van der Waals surface area contributed by atoms with Crippen LogP contribution >= 0.6 is 12.6 Å². The molecule has 2 aromatic carbocycles. The number of hydrogen-bond acceptors (Lipinski definition) is 5. The smallest absolute Gasteiger partial charge is 0.0991 e. The fourth-order valence-corrected chi connectivity index (χ4v) is 2.64. The number of nitriles is 1. The van der Waals surface area contributed by atoms with Crippen LogP contribution in [0, 0.1) is 11.3 Å². The van der Waals surface area contributed by atoms with E-state index in [4.69, 9.17) is 10.4 Å². The lowest BCUT2D eigenvalue weighted by Crippen LogP contribution is -2.32. The van der Waals surface area contributed by atoms with Gasteiger partial charge in [-0.3, -0.25) is 0 Å². The van der Waals surface area contributed by atoms with E-state index in [0.29, 0.717) is 11.6 Å². The van der Waals surface area contributed by atoms with Crippen LogP contribution in [0.15, 0.2) is 53.4 Å². The third-order valence-electron chi connectivity index (χ3n) is 3.82. The van der Waals surface area contributed by atoms with E-state index in [0.717, 1.165) is 35.7 Å². The van der Waals surface area contributed by atoms with Crippen molar-refractivity contribution >= 4 is 12.6 Å². The summed E-state index contributed by atoms with van der Waals surface area (Å²) in [5.74, 6) is 0. The topological polar surface area (TPSA) is 68.1 Å². The van der Waals surface area contributed by atoms with E-state index in [1.54, 1.807) is 0 Å². The lowest BCUT2D eigenvalue weighted by atomic mass is 10.0. The number of nitrogens with zero attached hydrogens (tertiary/aromatic N) is 1. The lowest BCUT2D eigenvalue weighted by molar-refractivity contribution is 0.285. The van der Waals surface area contributed by atoms with Gasteiger partial charge in [0.1, 0.15) is 0 Å². The predicted molar refractivity (Wildman–Crippen MR) is 100 cm³/mol. The van der Waals surface area contributed by atoms with Crippen LogP contribution < -0.4 is 10.6 Å². The number of thiol groups is 1. The summed E-state index contributed by atoms with van der Waals surface area (Å²) < 4.78 is 0. The summed E-state index contributed by atoms with van der Waals surface area (Å²) in [5, 5.41) is 23.6. The fraction of sp³-hybridized carbons (Fsp3) is 0.316. The summed E-state index contributed by atoms with van der Waals surface area (Å²) in [7, 11) is 0. The number of aliphatic hydroxyl groups is 1. The molecule has 1 aliphatic rings. The molecule has 1 saturated heterocycles. The summed E-state index contributed by atoms with van der Waals surface area (Å²) in [6.07, 6.45) is 1.19. The zero-order valence-corrected chi connectivity index (χ0v) is 14.5. The molecule has 0 aliphatic carbocycles. The molecule has 3 N–H and O–H groups in total. The third kappa shape index (κ3) is 5.99. The zero-order valence-electron chi connectivity index (χ0n) is 13.6. The van der Waals surface area contributed by atoms with Crippen molar-refractivity contribution in [2.75, 3.05) is 26.2 Å². The highest BCUT2D eigenvalue weighted by atomic mass is 32.1. The van der Waals surface area contributed by atoms with Crippen LogP contribution in [0.3, 0.4) is 0 Å². The molecule has 0 saturated carbocycles. The van der Waals surface area contributed by atoms with Gasteiger partial charge in [-0.2, -0.15) is 5.26 Å². The monoisotopic (exact) mass is 341 g/mol. The van der Waals surface area contributed by atoms with Crippen molar-refractivity contribution in [1.29, 1.82) is 5.26 Å². The largest absolute Gasteiger partial charge is 0.395 e. The highest BCUT2D eigenvalue weighted by Crippen LogP contribution is 2.21. The molecule has 1 fully saturated rings. The molecular formula is C19H23N3OS. The van der Waals surface area contributed by atoms with Crippen molar-refractivity contribution in [3.8, 4) is 17.2 Å². The minimum Gasteiger partial charge on any atom is -0.395 e. The molecule has 0 spiro atoms. The SMILES string of the molecule is N#Cc1ccc(-c2ccc(S)cc2)cc1.OCCNC1CCNC1. The van der Waals surface area contributed by atoms with Crippen molar-refractivity contribution in [2.45, 2.75) is 17.4 Å². The van der Waals surface area contributed by atoms with Crippen LogP contribution in [-0.2, 0) is 0 Å². The Hall–Kier alpha value is -1.84. The molecule has 1 atom stereocenters. The minimum atomic E-state index is 0.247. The van der Waals surface area contributed by atoms with Gasteiger partial charge in [-0.05, 0) is 48.4 Å². The van der Waals surface area contributed by atoms with Gasteiger partial charge < -0.3 is 15.7 Å². The Bertz CT molecular complexity index is 644. The molecule has 24 heavy (non-hydrogen) atoms. The fourth-order valence-electron chi connectivity index (χ4n) is 2.49. The van der Waals surface area contributed by atoms with E-state index >= 15 is 0 Å². The molecular weight excluding hydrogens is 318 g/mol. The van der Waals surface area contributed by atoms with Crippen molar-refractivity contribution < 1.29 is 5.11 Å². The molecule has 1 unspecified atom stereocenters. The maximum atomic E-state index is 8.68. The van der Waals surface area contributed by atoms with E-state index in [9.17, 15) is 0 Å². The molecule has 5 heteroatoms. The molecule has 2 aromatic rings. The van der Waals surface area contributed by atoms with Crippen molar-refractivity contribution in [1.82, 2.24) is 10.6 Å². The van der Waals surface area contributed by atoms with Crippen LogP contribution in [-0.4, -0.2) is 37.4 Å². The minimum absolute atomic E-state index is 0.247. The molecule has 0 aromatic heterocycles. The van der Waals surface area contributed by atoms with Crippen LogP contribution in [0.5, 0.6) is 0 Å². The molecule has 3 rings (SSSR count). The second-order valence-electron chi connectivity index (χ2n) is 5.60. The zero-order chi connectivity index (χ0) is 17.2. The molecule has 0 bridgehead atoms. The number of rotatable bonds is 4. The van der Waals surface area contributed by atoms with E-state index in [-0.39, 0.29) is 6.61 Å². The van der Waals surface area contributed by atoms with Gasteiger partial charge in [-0.15, -0.1) is 12.6 Å². The molecule has 1 heterocycles. The van der Waals surface area contributed by atoms with Crippen LogP contribution in [0.2, 0.25) is 0 Å². The molecule has 0 amide bonds. The van der Waals surface area contributed by atoms with Gasteiger partial charge in [-0.25, -0.2) is 0 Å². The second-order valence-corrected chi connectivity index (χ2v) is 6.12. The highest BCUT2D eigenvalue weighted by Gasteiger charge is 2.11. The number of benzene rings is 2. The second kappa shape index (κ2) is 10.1. The van der Waals surface area contributed by atoms with Crippen molar-refractivity contribution in [3.63, 3.8) is 0 Å². The summed E-state index contributed by atoms with van der Waals surface area (Å²) >= 11 is 4.23. The average Bonchev–Trinajstić information content (AvgIpc) is 3.15. The Morgan fingerprint density at radius 1 is 1.12 bits per heavy atom. The van der Waals surface area contributed by atoms with Crippen LogP contribution in [0.1, 0.15) is 12.0 Å². The molecule has 126 valence electrons. The standard InChI is InChI=1S/C13H9NS.C6H14N2O/c14-9-10-1-3-11(4-2-10)12-5-7-13(15)8-6-12;9-4-3-8-6-1-2-7-5-6/h1-8,15H;6-9H,1-5H2. The average molecular weight is 341 g/mol. The Morgan fingerprint density at radius 3 is 2.25 bits per heavy atom. The normalized spacial score (nSPS) is 16.1. The van der Waals surface area contributed by atoms with Crippen LogP contribution in [0.4, 0.5) is 0 Å². The highest BCUT2D eigenvalue weighted by molar-refractivity contribution is 7.80. The summed E-state index contributed by atoms with van der Waals surface area (Å²) in [5.41, 5.74) is 2.93. The van der Waals surface area contributed by atoms with E-state index in [1.165, 1.54) is 6.42 Å². The van der Waals surface area contributed by atoms with E-state index in [1.807, 2.05) is 48.5 Å². The Kier molecular flexibility index (Phi) is 7.80. The number of nitrogens with one attached hydrogen (secondary N) is 2. The Balaban J connectivity index is 0.000000198. The predicted octanol–water partition coefficient (Wildman–Crippen LogP) is 2.44. The third-order valence-corrected chi connectivity index (χ3v) is 4.12. The summed E-state index contributed by atoms with van der Waals surface area (Å²) in [6, 6.07) is 18.2. The maximum Gasteiger partial charge on any atom is 0.0991 e. The lowest BCUT2D eigenvalue weighted by Gasteiger charge is -2.07. The van der Waals surface area contributed by atoms with Gasteiger partial charge in [0.2, 0.25) is 0 Å². The molecule has 0 radical (unpaired) electrons. The Labute approximate surface area is 148 Å². The van der Waals surface area contributed by atoms with E-state index in [2.05, 4.69) is 29.3 Å². The first-order valence-electron chi connectivity index (χ1n) is 8.07. The van der Waals surface area contributed by atoms with Crippen LogP contribution in [0.25, 0.3) is 11.1 Å². The molecule has 4 nitrogen and oxygen atoms in total. The first-order valence-corrected chi connectivity index (χ1v) is 8.52. The van der Waals surface area contributed by atoms with Gasteiger partial charge in [-0.1, -0.05) is 24.3 Å².